The van der Waals surface area contributed by atoms with Crippen molar-refractivity contribution in [3.63, 3.8) is 0 Å². The summed E-state index contributed by atoms with van der Waals surface area (Å²) in [7, 11) is 0. The molecule has 2 rings (SSSR count). The second kappa shape index (κ2) is 9.45. The van der Waals surface area contributed by atoms with E-state index in [4.69, 9.17) is 10.00 Å². The highest BCUT2D eigenvalue weighted by Gasteiger charge is 2.21. The number of nitrogens with one attached hydrogen (secondary N) is 1. The van der Waals surface area contributed by atoms with Gasteiger partial charge in [0, 0.05) is 25.6 Å². The Balaban J connectivity index is 1.72. The second-order valence-electron chi connectivity index (χ2n) is 5.81. The summed E-state index contributed by atoms with van der Waals surface area (Å²) in [6, 6.07) is 11.0. The monoisotopic (exact) mass is 301 g/mol. The number of ether oxygens (including phenoxy) is 1. The molecule has 1 atom stereocenters. The summed E-state index contributed by atoms with van der Waals surface area (Å²) in [5, 5.41) is 12.1. The van der Waals surface area contributed by atoms with Crippen molar-refractivity contribution >= 4 is 0 Å². The standard InChI is InChI=1S/C18H27N3O/c1-2-21-11-6-8-17(21)15-20-14-16-7-5-9-18(13-16)22-12-4-3-10-19/h5,7,9,13,17,20H,2-4,6,8,11-12,14-15H2,1H3. The molecule has 1 fully saturated rings. The Kier molecular flexibility index (Phi) is 7.21. The maximum absolute atomic E-state index is 8.51. The number of unbranched alkanes of at least 4 members (excludes halogenated alkanes) is 1. The van der Waals surface area contributed by atoms with Crippen LogP contribution in [-0.2, 0) is 6.54 Å². The van der Waals surface area contributed by atoms with Crippen molar-refractivity contribution in [2.45, 2.75) is 45.2 Å². The molecule has 4 heteroatoms. The highest BCUT2D eigenvalue weighted by atomic mass is 16.5. The van der Waals surface area contributed by atoms with E-state index in [9.17, 15) is 0 Å². The van der Waals surface area contributed by atoms with E-state index >= 15 is 0 Å². The van der Waals surface area contributed by atoms with Crippen LogP contribution in [0, 0.1) is 11.3 Å². The summed E-state index contributed by atoms with van der Waals surface area (Å²) in [5.74, 6) is 0.897. The van der Waals surface area contributed by atoms with Crippen LogP contribution >= 0.6 is 0 Å². The van der Waals surface area contributed by atoms with Crippen LogP contribution in [0.5, 0.6) is 5.75 Å². The molecule has 4 nitrogen and oxygen atoms in total. The van der Waals surface area contributed by atoms with Gasteiger partial charge in [-0.25, -0.2) is 0 Å². The predicted molar refractivity (Wildman–Crippen MR) is 88.8 cm³/mol. The normalized spacial score (nSPS) is 18.3. The molecule has 1 N–H and O–H groups in total. The molecule has 1 aliphatic heterocycles. The van der Waals surface area contributed by atoms with Crippen LogP contribution in [0.1, 0.15) is 38.2 Å². The van der Waals surface area contributed by atoms with E-state index in [1.165, 1.54) is 24.9 Å². The molecule has 120 valence electrons. The van der Waals surface area contributed by atoms with Gasteiger partial charge in [-0.1, -0.05) is 19.1 Å². The Morgan fingerprint density at radius 3 is 3.18 bits per heavy atom. The molecule has 0 aliphatic carbocycles. The number of nitriles is 1. The molecule has 1 heterocycles. The van der Waals surface area contributed by atoms with Crippen LogP contribution in [0.2, 0.25) is 0 Å². The Bertz CT molecular complexity index is 483. The van der Waals surface area contributed by atoms with Gasteiger partial charge in [0.15, 0.2) is 0 Å². The molecular formula is C18H27N3O. The zero-order valence-electron chi connectivity index (χ0n) is 13.6. The van der Waals surface area contributed by atoms with Crippen LogP contribution in [0.15, 0.2) is 24.3 Å². The average Bonchev–Trinajstić information content (AvgIpc) is 3.00. The van der Waals surface area contributed by atoms with Crippen molar-refractivity contribution in [3.05, 3.63) is 29.8 Å². The van der Waals surface area contributed by atoms with Gasteiger partial charge in [-0.2, -0.15) is 5.26 Å². The van der Waals surface area contributed by atoms with E-state index in [1.807, 2.05) is 12.1 Å². The first kappa shape index (κ1) is 16.8. The largest absolute Gasteiger partial charge is 0.494 e. The number of hydrogen-bond donors (Lipinski definition) is 1. The van der Waals surface area contributed by atoms with Gasteiger partial charge in [-0.05, 0) is 50.0 Å². The number of likely N-dealkylation sites (N-methyl/N-ethyl adjacent to an activating group) is 1. The Morgan fingerprint density at radius 2 is 2.36 bits per heavy atom. The SMILES string of the molecule is CCN1CCCC1CNCc1cccc(OCCCC#N)c1. The molecule has 1 aliphatic rings. The molecule has 0 bridgehead atoms. The fourth-order valence-corrected chi connectivity index (χ4v) is 3.01. The molecule has 0 spiro atoms. The van der Waals surface area contributed by atoms with Gasteiger partial charge in [0.25, 0.3) is 0 Å². The molecule has 0 aromatic heterocycles. The molecule has 0 radical (unpaired) electrons. The van der Waals surface area contributed by atoms with Crippen LogP contribution in [0.3, 0.4) is 0 Å². The Labute approximate surface area is 134 Å². The Morgan fingerprint density at radius 1 is 1.45 bits per heavy atom. The summed E-state index contributed by atoms with van der Waals surface area (Å²) in [5.41, 5.74) is 1.25. The third-order valence-electron chi connectivity index (χ3n) is 4.21. The van der Waals surface area contributed by atoms with Gasteiger partial charge in [0.05, 0.1) is 12.7 Å². The fourth-order valence-electron chi connectivity index (χ4n) is 3.01. The summed E-state index contributed by atoms with van der Waals surface area (Å²) in [6.07, 6.45) is 3.97. The van der Waals surface area contributed by atoms with Gasteiger partial charge in [-0.15, -0.1) is 0 Å². The average molecular weight is 301 g/mol. The van der Waals surface area contributed by atoms with Crippen LogP contribution in [0.4, 0.5) is 0 Å². The van der Waals surface area contributed by atoms with Gasteiger partial charge >= 0.3 is 0 Å². The van der Waals surface area contributed by atoms with Crippen molar-refractivity contribution in [1.82, 2.24) is 10.2 Å². The lowest BCUT2D eigenvalue weighted by Crippen LogP contribution is -2.37. The first-order valence-corrected chi connectivity index (χ1v) is 8.37. The van der Waals surface area contributed by atoms with Crippen LogP contribution < -0.4 is 10.1 Å². The first-order chi connectivity index (χ1) is 10.8. The maximum atomic E-state index is 8.51. The van der Waals surface area contributed by atoms with Gasteiger partial charge < -0.3 is 10.1 Å². The lowest BCUT2D eigenvalue weighted by Gasteiger charge is -2.23. The number of likely N-dealkylation sites (tertiary alicyclic amines) is 1. The van der Waals surface area contributed by atoms with Gasteiger partial charge in [0.2, 0.25) is 0 Å². The van der Waals surface area contributed by atoms with E-state index in [2.05, 4.69) is 35.3 Å². The molecule has 1 unspecified atom stereocenters. The third kappa shape index (κ3) is 5.32. The molecule has 1 saturated heterocycles. The topological polar surface area (TPSA) is 48.3 Å². The van der Waals surface area contributed by atoms with Crippen molar-refractivity contribution in [1.29, 1.82) is 5.26 Å². The quantitative estimate of drug-likeness (QED) is 0.712. The van der Waals surface area contributed by atoms with Crippen LogP contribution in [-0.4, -0.2) is 37.2 Å². The highest BCUT2D eigenvalue weighted by Crippen LogP contribution is 2.16. The fraction of sp³-hybridized carbons (Fsp3) is 0.611. The van der Waals surface area contributed by atoms with Crippen molar-refractivity contribution in [2.75, 3.05) is 26.2 Å². The van der Waals surface area contributed by atoms with E-state index < -0.39 is 0 Å². The second-order valence-corrected chi connectivity index (χ2v) is 5.81. The lowest BCUT2D eigenvalue weighted by molar-refractivity contribution is 0.260. The molecule has 1 aromatic rings. The first-order valence-electron chi connectivity index (χ1n) is 8.37. The minimum Gasteiger partial charge on any atom is -0.494 e. The molecular weight excluding hydrogens is 274 g/mol. The van der Waals surface area contributed by atoms with Gasteiger partial charge in [0.1, 0.15) is 5.75 Å². The number of nitrogens with zero attached hydrogens (tertiary/aromatic N) is 2. The predicted octanol–water partition coefficient (Wildman–Crippen LogP) is 2.94. The minimum absolute atomic E-state index is 0.552. The van der Waals surface area contributed by atoms with Crippen molar-refractivity contribution in [2.24, 2.45) is 0 Å². The Hall–Kier alpha value is -1.57. The number of rotatable bonds is 9. The van der Waals surface area contributed by atoms with E-state index in [0.29, 0.717) is 19.1 Å². The summed E-state index contributed by atoms with van der Waals surface area (Å²) < 4.78 is 5.68. The molecule has 0 saturated carbocycles. The van der Waals surface area contributed by atoms with Crippen LogP contribution in [0.25, 0.3) is 0 Å². The third-order valence-corrected chi connectivity index (χ3v) is 4.21. The van der Waals surface area contributed by atoms with Crippen molar-refractivity contribution < 1.29 is 4.74 Å². The lowest BCUT2D eigenvalue weighted by atomic mass is 10.2. The molecule has 22 heavy (non-hydrogen) atoms. The molecule has 0 amide bonds. The highest BCUT2D eigenvalue weighted by molar-refractivity contribution is 5.28. The van der Waals surface area contributed by atoms with E-state index in [-0.39, 0.29) is 0 Å². The summed E-state index contributed by atoms with van der Waals surface area (Å²) in [4.78, 5) is 2.56. The summed E-state index contributed by atoms with van der Waals surface area (Å²) >= 11 is 0. The number of hydrogen-bond acceptors (Lipinski definition) is 4. The summed E-state index contributed by atoms with van der Waals surface area (Å²) in [6.45, 7) is 7.18. The maximum Gasteiger partial charge on any atom is 0.119 e. The molecule has 1 aromatic carbocycles. The minimum atomic E-state index is 0.552. The smallest absolute Gasteiger partial charge is 0.119 e. The zero-order valence-corrected chi connectivity index (χ0v) is 13.6. The van der Waals surface area contributed by atoms with Crippen molar-refractivity contribution in [3.8, 4) is 11.8 Å². The number of benzene rings is 1. The zero-order chi connectivity index (χ0) is 15.6. The van der Waals surface area contributed by atoms with E-state index in [1.54, 1.807) is 0 Å². The van der Waals surface area contributed by atoms with E-state index in [0.717, 1.165) is 31.8 Å². The van der Waals surface area contributed by atoms with Gasteiger partial charge in [-0.3, -0.25) is 4.90 Å².